The van der Waals surface area contributed by atoms with Gasteiger partial charge in [-0.3, -0.25) is 0 Å². The van der Waals surface area contributed by atoms with Gasteiger partial charge in [-0.25, -0.2) is 9.97 Å². The molecule has 0 spiro atoms. The van der Waals surface area contributed by atoms with Crippen molar-refractivity contribution < 1.29 is 0 Å². The van der Waals surface area contributed by atoms with Crippen LogP contribution in [0.5, 0.6) is 0 Å². The highest BCUT2D eigenvalue weighted by molar-refractivity contribution is 5.62. The summed E-state index contributed by atoms with van der Waals surface area (Å²) in [6, 6.07) is 12.7. The smallest absolute Gasteiger partial charge is 0.171 e. The third-order valence-corrected chi connectivity index (χ3v) is 4.54. The van der Waals surface area contributed by atoms with Gasteiger partial charge in [0.2, 0.25) is 0 Å². The number of benzene rings is 1. The fraction of sp³-hybridized carbons (Fsp3) is 0.389. The van der Waals surface area contributed by atoms with Crippen molar-refractivity contribution in [2.24, 2.45) is 0 Å². The lowest BCUT2D eigenvalue weighted by atomic mass is 9.74. The van der Waals surface area contributed by atoms with E-state index in [1.165, 1.54) is 0 Å². The van der Waals surface area contributed by atoms with Crippen LogP contribution in [0.15, 0.2) is 42.7 Å². The number of anilines is 2. The van der Waals surface area contributed by atoms with Gasteiger partial charge in [0.25, 0.3) is 0 Å². The van der Waals surface area contributed by atoms with Crippen LogP contribution in [0, 0.1) is 11.3 Å². The third-order valence-electron chi connectivity index (χ3n) is 4.54. The number of nitriles is 1. The molecule has 2 aromatic rings. The fourth-order valence-electron chi connectivity index (χ4n) is 3.18. The normalized spacial score (nSPS) is 16.7. The van der Waals surface area contributed by atoms with Crippen molar-refractivity contribution in [2.75, 3.05) is 37.0 Å². The van der Waals surface area contributed by atoms with Crippen molar-refractivity contribution in [3.05, 3.63) is 48.3 Å². The number of rotatable bonds is 3. The Hall–Kier alpha value is -2.61. The zero-order chi connectivity index (χ0) is 16.3. The maximum atomic E-state index is 9.79. The Morgan fingerprint density at radius 1 is 1.09 bits per heavy atom. The first kappa shape index (κ1) is 15.3. The summed E-state index contributed by atoms with van der Waals surface area (Å²) in [5, 5.41) is 9.79. The molecule has 2 heterocycles. The quantitative estimate of drug-likeness (QED) is 0.872. The molecule has 0 radical (unpaired) electrons. The molecule has 0 atom stereocenters. The largest absolute Gasteiger partial charge is 0.360 e. The number of piperidine rings is 1. The molecule has 0 amide bonds. The number of hydrogen-bond acceptors (Lipinski definition) is 5. The van der Waals surface area contributed by atoms with Gasteiger partial charge >= 0.3 is 0 Å². The van der Waals surface area contributed by atoms with E-state index in [1.807, 2.05) is 37.2 Å². The lowest BCUT2D eigenvalue weighted by Crippen LogP contribution is -2.42. The summed E-state index contributed by atoms with van der Waals surface area (Å²) in [5.74, 6) is 1.77. The van der Waals surface area contributed by atoms with Gasteiger partial charge in [0.05, 0.1) is 11.5 Å². The van der Waals surface area contributed by atoms with E-state index in [2.05, 4.69) is 33.1 Å². The van der Waals surface area contributed by atoms with E-state index in [9.17, 15) is 5.26 Å². The lowest BCUT2D eigenvalue weighted by molar-refractivity contribution is 0.414. The Balaban J connectivity index is 1.83. The van der Waals surface area contributed by atoms with E-state index in [0.29, 0.717) is 0 Å². The lowest BCUT2D eigenvalue weighted by Gasteiger charge is -2.38. The minimum atomic E-state index is -0.391. The molecule has 23 heavy (non-hydrogen) atoms. The Kier molecular flexibility index (Phi) is 4.16. The van der Waals surface area contributed by atoms with Gasteiger partial charge < -0.3 is 9.80 Å². The SMILES string of the molecule is CN(C)c1nccnc1N1CCC(C#N)(c2ccccc2)CC1. The van der Waals surface area contributed by atoms with Crippen LogP contribution in [-0.2, 0) is 5.41 Å². The van der Waals surface area contributed by atoms with Crippen molar-refractivity contribution >= 4 is 11.6 Å². The van der Waals surface area contributed by atoms with E-state index in [0.717, 1.165) is 43.1 Å². The van der Waals surface area contributed by atoms with Gasteiger partial charge in [0, 0.05) is 39.6 Å². The van der Waals surface area contributed by atoms with Crippen molar-refractivity contribution in [1.29, 1.82) is 5.26 Å². The summed E-state index contributed by atoms with van der Waals surface area (Å²) >= 11 is 0. The van der Waals surface area contributed by atoms with Gasteiger partial charge in [-0.1, -0.05) is 30.3 Å². The first-order valence-electron chi connectivity index (χ1n) is 7.86. The predicted molar refractivity (Wildman–Crippen MR) is 91.5 cm³/mol. The molecule has 0 N–H and O–H groups in total. The second kappa shape index (κ2) is 6.25. The van der Waals surface area contributed by atoms with Crippen LogP contribution in [-0.4, -0.2) is 37.2 Å². The molecule has 0 unspecified atom stereocenters. The Morgan fingerprint density at radius 3 is 2.35 bits per heavy atom. The standard InChI is InChI=1S/C18H21N5/c1-22(2)16-17(21-11-10-20-16)23-12-8-18(14-19,9-13-23)15-6-4-3-5-7-15/h3-7,10-11H,8-9,12-13H2,1-2H3. The van der Waals surface area contributed by atoms with Crippen LogP contribution in [0.3, 0.4) is 0 Å². The molecule has 0 saturated carbocycles. The summed E-state index contributed by atoms with van der Waals surface area (Å²) in [6.45, 7) is 1.62. The first-order chi connectivity index (χ1) is 11.2. The average Bonchev–Trinajstić information content (AvgIpc) is 2.62. The molecule has 3 rings (SSSR count). The van der Waals surface area contributed by atoms with Crippen LogP contribution in [0.4, 0.5) is 11.6 Å². The molecule has 1 saturated heterocycles. The molecule has 1 fully saturated rings. The van der Waals surface area contributed by atoms with Crippen LogP contribution >= 0.6 is 0 Å². The zero-order valence-corrected chi connectivity index (χ0v) is 13.6. The fourth-order valence-corrected chi connectivity index (χ4v) is 3.18. The molecule has 5 heteroatoms. The number of nitrogens with zero attached hydrogens (tertiary/aromatic N) is 5. The average molecular weight is 307 g/mol. The molecule has 1 aromatic carbocycles. The van der Waals surface area contributed by atoms with Gasteiger partial charge in [-0.15, -0.1) is 0 Å². The van der Waals surface area contributed by atoms with Crippen LogP contribution < -0.4 is 9.80 Å². The summed E-state index contributed by atoms with van der Waals surface area (Å²) in [5.41, 5.74) is 0.729. The summed E-state index contributed by atoms with van der Waals surface area (Å²) < 4.78 is 0. The highest BCUT2D eigenvalue weighted by Gasteiger charge is 2.37. The van der Waals surface area contributed by atoms with Crippen LogP contribution in [0.2, 0.25) is 0 Å². The topological polar surface area (TPSA) is 56.1 Å². The van der Waals surface area contributed by atoms with Crippen LogP contribution in [0.1, 0.15) is 18.4 Å². The molecule has 0 aliphatic carbocycles. The first-order valence-corrected chi connectivity index (χ1v) is 7.86. The van der Waals surface area contributed by atoms with Gasteiger partial charge in [0.1, 0.15) is 0 Å². The van der Waals surface area contributed by atoms with E-state index in [4.69, 9.17) is 0 Å². The highest BCUT2D eigenvalue weighted by Crippen LogP contribution is 2.37. The molecule has 118 valence electrons. The summed E-state index contributed by atoms with van der Waals surface area (Å²) in [7, 11) is 3.95. The maximum absolute atomic E-state index is 9.79. The summed E-state index contributed by atoms with van der Waals surface area (Å²) in [4.78, 5) is 13.1. The molecule has 1 aliphatic rings. The second-order valence-electron chi connectivity index (χ2n) is 6.14. The van der Waals surface area contributed by atoms with Crippen molar-refractivity contribution in [2.45, 2.75) is 18.3 Å². The Bertz CT molecular complexity index is 697. The van der Waals surface area contributed by atoms with Crippen molar-refractivity contribution in [3.63, 3.8) is 0 Å². The Morgan fingerprint density at radius 2 is 1.74 bits per heavy atom. The Labute approximate surface area is 137 Å². The van der Waals surface area contributed by atoms with Crippen molar-refractivity contribution in [1.82, 2.24) is 9.97 Å². The number of aromatic nitrogens is 2. The van der Waals surface area contributed by atoms with E-state index >= 15 is 0 Å². The molecule has 5 nitrogen and oxygen atoms in total. The summed E-state index contributed by atoms with van der Waals surface area (Å²) in [6.07, 6.45) is 5.05. The maximum Gasteiger partial charge on any atom is 0.171 e. The molecular weight excluding hydrogens is 286 g/mol. The monoisotopic (exact) mass is 307 g/mol. The predicted octanol–water partition coefficient (Wildman–Crippen LogP) is 2.60. The molecule has 1 aliphatic heterocycles. The van der Waals surface area contributed by atoms with E-state index in [1.54, 1.807) is 12.4 Å². The van der Waals surface area contributed by atoms with E-state index in [-0.39, 0.29) is 0 Å². The van der Waals surface area contributed by atoms with Gasteiger partial charge in [0.15, 0.2) is 11.6 Å². The van der Waals surface area contributed by atoms with Gasteiger partial charge in [-0.2, -0.15) is 5.26 Å². The second-order valence-corrected chi connectivity index (χ2v) is 6.14. The van der Waals surface area contributed by atoms with Crippen LogP contribution in [0.25, 0.3) is 0 Å². The molecule has 1 aromatic heterocycles. The third kappa shape index (κ3) is 2.85. The minimum absolute atomic E-state index is 0.391. The zero-order valence-electron chi connectivity index (χ0n) is 13.6. The number of hydrogen-bond donors (Lipinski definition) is 0. The highest BCUT2D eigenvalue weighted by atomic mass is 15.3. The van der Waals surface area contributed by atoms with E-state index < -0.39 is 5.41 Å². The van der Waals surface area contributed by atoms with Gasteiger partial charge in [-0.05, 0) is 18.4 Å². The molecule has 0 bridgehead atoms. The minimum Gasteiger partial charge on any atom is -0.360 e. The molecular formula is C18H21N5. The van der Waals surface area contributed by atoms with Crippen molar-refractivity contribution in [3.8, 4) is 6.07 Å².